The van der Waals surface area contributed by atoms with E-state index < -0.39 is 18.4 Å². The fourth-order valence-electron chi connectivity index (χ4n) is 7.09. The number of allylic oxidation sites excluding steroid dienone is 4. The smallest absolute Gasteiger partial charge is 0.465 e. The molecule has 62 heavy (non-hydrogen) atoms. The van der Waals surface area contributed by atoms with E-state index in [-0.39, 0.29) is 38.7 Å². The van der Waals surface area contributed by atoms with Crippen molar-refractivity contribution in [2.75, 3.05) is 59.3 Å². The Balaban J connectivity index is 4.74. The molecular formula is C52H99NO9. The van der Waals surface area contributed by atoms with Gasteiger partial charge in [0.25, 0.3) is 0 Å². The van der Waals surface area contributed by atoms with E-state index in [1.165, 1.54) is 89.9 Å². The number of esters is 1. The van der Waals surface area contributed by atoms with Crippen LogP contribution < -0.4 is 0 Å². The van der Waals surface area contributed by atoms with Crippen LogP contribution in [0.25, 0.3) is 0 Å². The highest BCUT2D eigenvalue weighted by molar-refractivity contribution is 5.69. The predicted octanol–water partition coefficient (Wildman–Crippen LogP) is 13.8. The van der Waals surface area contributed by atoms with Crippen LogP contribution in [0.2, 0.25) is 0 Å². The highest BCUT2D eigenvalue weighted by atomic mass is 16.7. The second-order valence-corrected chi connectivity index (χ2v) is 17.1. The van der Waals surface area contributed by atoms with Gasteiger partial charge in [0.15, 0.2) is 12.6 Å². The number of unbranched alkanes of at least 4 members (excludes halogenated alkanes) is 19. The Morgan fingerprint density at radius 1 is 0.500 bits per heavy atom. The van der Waals surface area contributed by atoms with E-state index >= 15 is 0 Å². The average Bonchev–Trinajstić information content (AvgIpc) is 3.27. The first-order valence-corrected chi connectivity index (χ1v) is 25.9. The van der Waals surface area contributed by atoms with Crippen molar-refractivity contribution in [2.24, 2.45) is 5.92 Å². The Hall–Kier alpha value is -1.98. The molecule has 0 radical (unpaired) electrons. The Morgan fingerprint density at radius 3 is 1.63 bits per heavy atom. The molecule has 10 nitrogen and oxygen atoms in total. The molecule has 0 heterocycles. The highest BCUT2D eigenvalue weighted by Gasteiger charge is 2.19. The Bertz CT molecular complexity index is 987. The minimum Gasteiger partial charge on any atom is -0.465 e. The summed E-state index contributed by atoms with van der Waals surface area (Å²) >= 11 is 0. The molecule has 0 rings (SSSR count). The molecule has 0 aromatic rings. The molecule has 0 bridgehead atoms. The summed E-state index contributed by atoms with van der Waals surface area (Å²) < 4.78 is 34.5. The first-order chi connectivity index (χ1) is 30.4. The summed E-state index contributed by atoms with van der Waals surface area (Å²) in [6.07, 6.45) is 38.0. The topological polar surface area (TPSA) is 113 Å². The standard InChI is InChI=1S/C52H99NO9/c1-6-11-14-17-20-21-22-23-24-25-26-27-28-29-32-38-49(54)60-45-48(47-62-52(56)59-44-37-41-53(9-4)10-5)46-61-50(55)39-33-34-40-51(57-42-35-30-18-15-12-7-2)58-43-36-31-19-16-13-8-3/h20-21,23-24,48,50-51,55H,6-19,22,25-47H2,1-5H3/b21-20-,24-23-. The summed E-state index contributed by atoms with van der Waals surface area (Å²) in [6.45, 7) is 15.5. The minimum absolute atomic E-state index is 0.0356. The molecule has 366 valence electrons. The third-order valence-corrected chi connectivity index (χ3v) is 11.2. The Labute approximate surface area is 382 Å². The fourth-order valence-corrected chi connectivity index (χ4v) is 7.09. The summed E-state index contributed by atoms with van der Waals surface area (Å²) in [4.78, 5) is 27.3. The van der Waals surface area contributed by atoms with Crippen LogP contribution in [0.5, 0.6) is 0 Å². The van der Waals surface area contributed by atoms with Crippen LogP contribution in [0.3, 0.4) is 0 Å². The van der Waals surface area contributed by atoms with Gasteiger partial charge >= 0.3 is 12.1 Å². The third kappa shape index (κ3) is 43.3. The lowest BCUT2D eigenvalue weighted by atomic mass is 10.1. The molecule has 0 aliphatic rings. The molecule has 0 aliphatic carbocycles. The molecular weight excluding hydrogens is 783 g/mol. The first kappa shape index (κ1) is 60.0. The number of aliphatic hydroxyl groups is 1. The van der Waals surface area contributed by atoms with Gasteiger partial charge in [-0.1, -0.05) is 155 Å². The molecule has 0 aliphatic heterocycles. The number of aliphatic hydroxyl groups excluding tert-OH is 1. The number of ether oxygens (including phenoxy) is 6. The molecule has 0 saturated carbocycles. The van der Waals surface area contributed by atoms with E-state index in [1.807, 2.05) is 0 Å². The van der Waals surface area contributed by atoms with Crippen molar-refractivity contribution in [2.45, 2.75) is 233 Å². The van der Waals surface area contributed by atoms with Gasteiger partial charge in [-0.2, -0.15) is 0 Å². The van der Waals surface area contributed by atoms with Crippen LogP contribution in [0.4, 0.5) is 4.79 Å². The number of hydrogen-bond acceptors (Lipinski definition) is 10. The van der Waals surface area contributed by atoms with Crippen LogP contribution in [0.15, 0.2) is 24.3 Å². The van der Waals surface area contributed by atoms with Crippen molar-refractivity contribution >= 4 is 12.1 Å². The van der Waals surface area contributed by atoms with Gasteiger partial charge in [0.1, 0.15) is 6.61 Å². The summed E-state index contributed by atoms with van der Waals surface area (Å²) in [7, 11) is 0. The lowest BCUT2D eigenvalue weighted by Gasteiger charge is -2.21. The number of nitrogens with zero attached hydrogens (tertiary/aromatic N) is 1. The molecule has 0 fully saturated rings. The van der Waals surface area contributed by atoms with Gasteiger partial charge in [-0.15, -0.1) is 0 Å². The number of hydrogen-bond donors (Lipinski definition) is 1. The zero-order valence-corrected chi connectivity index (χ0v) is 41.1. The second kappa shape index (κ2) is 48.5. The van der Waals surface area contributed by atoms with Crippen LogP contribution in [-0.4, -0.2) is 94.0 Å². The predicted molar refractivity (Wildman–Crippen MR) is 256 cm³/mol. The molecule has 1 N–H and O–H groups in total. The third-order valence-electron chi connectivity index (χ3n) is 11.2. The van der Waals surface area contributed by atoms with Crippen molar-refractivity contribution in [3.63, 3.8) is 0 Å². The lowest BCUT2D eigenvalue weighted by Crippen LogP contribution is -2.28. The van der Waals surface area contributed by atoms with E-state index in [1.54, 1.807) is 0 Å². The van der Waals surface area contributed by atoms with Gasteiger partial charge < -0.3 is 38.4 Å². The van der Waals surface area contributed by atoms with Crippen molar-refractivity contribution < 1.29 is 43.1 Å². The molecule has 0 aromatic heterocycles. The number of carbonyl (C=O) groups is 2. The average molecular weight is 882 g/mol. The van der Waals surface area contributed by atoms with Gasteiger partial charge in [0.2, 0.25) is 0 Å². The fraction of sp³-hybridized carbons (Fsp3) is 0.885. The normalized spacial score (nSPS) is 12.9. The summed E-state index contributed by atoms with van der Waals surface area (Å²) in [5, 5.41) is 10.7. The molecule has 0 aromatic carbocycles. The van der Waals surface area contributed by atoms with Crippen molar-refractivity contribution in [1.29, 1.82) is 0 Å². The largest absolute Gasteiger partial charge is 0.508 e. The molecule has 0 saturated heterocycles. The maximum Gasteiger partial charge on any atom is 0.508 e. The van der Waals surface area contributed by atoms with Gasteiger partial charge in [0, 0.05) is 26.2 Å². The van der Waals surface area contributed by atoms with Crippen molar-refractivity contribution in [3.8, 4) is 0 Å². The Morgan fingerprint density at radius 2 is 1.02 bits per heavy atom. The SMILES string of the molecule is CCCCC/C=C\C/C=C\CCCCCCCC(=O)OCC(COC(=O)OCCCN(CC)CC)COC(O)CCCCC(OCCCCCCCC)OCCCCCCCC. The first-order valence-electron chi connectivity index (χ1n) is 25.9. The summed E-state index contributed by atoms with van der Waals surface area (Å²) in [5.41, 5.74) is 0. The minimum atomic E-state index is -0.987. The van der Waals surface area contributed by atoms with E-state index in [0.717, 1.165) is 103 Å². The molecule has 10 heteroatoms. The van der Waals surface area contributed by atoms with Gasteiger partial charge in [-0.25, -0.2) is 4.79 Å². The van der Waals surface area contributed by atoms with E-state index in [2.05, 4.69) is 63.8 Å². The maximum atomic E-state index is 12.7. The lowest BCUT2D eigenvalue weighted by molar-refractivity contribution is -0.152. The quantitative estimate of drug-likeness (QED) is 0.0274. The zero-order chi connectivity index (χ0) is 45.4. The zero-order valence-electron chi connectivity index (χ0n) is 41.1. The van der Waals surface area contributed by atoms with Gasteiger partial charge in [-0.05, 0) is 96.6 Å². The maximum absolute atomic E-state index is 12.7. The van der Waals surface area contributed by atoms with E-state index in [0.29, 0.717) is 26.1 Å². The Kier molecular flexibility index (Phi) is 46.9. The van der Waals surface area contributed by atoms with E-state index in [9.17, 15) is 14.7 Å². The van der Waals surface area contributed by atoms with Crippen LogP contribution >= 0.6 is 0 Å². The summed E-state index contributed by atoms with van der Waals surface area (Å²) in [6, 6.07) is 0. The van der Waals surface area contributed by atoms with Crippen LogP contribution in [-0.2, 0) is 33.2 Å². The van der Waals surface area contributed by atoms with E-state index in [4.69, 9.17) is 28.4 Å². The number of rotatable bonds is 48. The number of carbonyl (C=O) groups excluding carboxylic acids is 2. The second-order valence-electron chi connectivity index (χ2n) is 17.1. The molecule has 2 atom stereocenters. The van der Waals surface area contributed by atoms with Crippen LogP contribution in [0.1, 0.15) is 221 Å². The van der Waals surface area contributed by atoms with Crippen LogP contribution in [0, 0.1) is 5.92 Å². The van der Waals surface area contributed by atoms with Gasteiger partial charge in [-0.3, -0.25) is 4.79 Å². The molecule has 2 unspecified atom stereocenters. The van der Waals surface area contributed by atoms with Crippen molar-refractivity contribution in [1.82, 2.24) is 4.90 Å². The molecule has 0 amide bonds. The summed E-state index contributed by atoms with van der Waals surface area (Å²) in [5.74, 6) is -0.705. The van der Waals surface area contributed by atoms with Crippen molar-refractivity contribution in [3.05, 3.63) is 24.3 Å². The van der Waals surface area contributed by atoms with Gasteiger partial charge in [0.05, 0.1) is 25.7 Å². The highest BCUT2D eigenvalue weighted by Crippen LogP contribution is 2.16. The molecule has 0 spiro atoms. The monoisotopic (exact) mass is 882 g/mol.